The third-order valence-electron chi connectivity index (χ3n) is 2.83. The molecule has 0 fully saturated rings. The highest BCUT2D eigenvalue weighted by Gasteiger charge is 2.23. The average Bonchev–Trinajstić information content (AvgIpc) is 2.05. The van der Waals surface area contributed by atoms with Crippen LogP contribution in [-0.2, 0) is 10.8 Å². The van der Waals surface area contributed by atoms with Crippen molar-refractivity contribution in [3.05, 3.63) is 23.3 Å². The van der Waals surface area contributed by atoms with Crippen molar-refractivity contribution < 1.29 is 5.11 Å². The Bertz CT molecular complexity index is 394. The highest BCUT2D eigenvalue weighted by molar-refractivity contribution is 5.62. The van der Waals surface area contributed by atoms with Gasteiger partial charge in [0, 0.05) is 0 Å². The first-order chi connectivity index (χ1) is 7.03. The number of nitrogen functional groups attached to an aromatic ring is 1. The minimum atomic E-state index is -0.0528. The molecular weight excluding hydrogens is 198 g/mol. The molecule has 2 heteroatoms. The summed E-state index contributed by atoms with van der Waals surface area (Å²) in [5.41, 5.74) is 8.52. The minimum Gasteiger partial charge on any atom is -0.506 e. The molecule has 0 amide bonds. The van der Waals surface area contributed by atoms with Gasteiger partial charge in [-0.05, 0) is 28.0 Å². The van der Waals surface area contributed by atoms with Gasteiger partial charge in [-0.3, -0.25) is 0 Å². The molecule has 0 aromatic heterocycles. The number of benzene rings is 1. The van der Waals surface area contributed by atoms with Crippen molar-refractivity contribution in [3.8, 4) is 5.75 Å². The van der Waals surface area contributed by atoms with E-state index in [1.165, 1.54) is 0 Å². The standard InChI is InChI=1S/C14H23NO/c1-13(2,3)9-7-10(14(4,5)6)12(15)11(16)8-9/h7-8,16H,15H2,1-6H3. The van der Waals surface area contributed by atoms with Gasteiger partial charge in [0.1, 0.15) is 5.75 Å². The summed E-state index contributed by atoms with van der Waals surface area (Å²) < 4.78 is 0. The van der Waals surface area contributed by atoms with Crippen molar-refractivity contribution in [2.24, 2.45) is 0 Å². The molecule has 90 valence electrons. The molecule has 0 aliphatic carbocycles. The zero-order chi connectivity index (χ0) is 12.7. The van der Waals surface area contributed by atoms with Crippen molar-refractivity contribution in [3.63, 3.8) is 0 Å². The summed E-state index contributed by atoms with van der Waals surface area (Å²) in [4.78, 5) is 0. The van der Waals surface area contributed by atoms with Crippen molar-refractivity contribution in [2.75, 3.05) is 5.73 Å². The van der Waals surface area contributed by atoms with E-state index in [4.69, 9.17) is 5.73 Å². The molecule has 0 bridgehead atoms. The van der Waals surface area contributed by atoms with Crippen LogP contribution in [0.3, 0.4) is 0 Å². The Morgan fingerprint density at radius 1 is 0.938 bits per heavy atom. The fraction of sp³-hybridized carbons (Fsp3) is 0.571. The average molecular weight is 221 g/mol. The monoisotopic (exact) mass is 221 g/mol. The molecule has 0 radical (unpaired) electrons. The van der Waals surface area contributed by atoms with Crippen molar-refractivity contribution in [2.45, 2.75) is 52.4 Å². The summed E-state index contributed by atoms with van der Waals surface area (Å²) >= 11 is 0. The van der Waals surface area contributed by atoms with E-state index in [9.17, 15) is 5.11 Å². The van der Waals surface area contributed by atoms with Crippen LogP contribution in [0.1, 0.15) is 52.7 Å². The highest BCUT2D eigenvalue weighted by atomic mass is 16.3. The van der Waals surface area contributed by atoms with Gasteiger partial charge in [-0.25, -0.2) is 0 Å². The largest absolute Gasteiger partial charge is 0.506 e. The maximum absolute atomic E-state index is 9.88. The SMILES string of the molecule is CC(C)(C)c1cc(O)c(N)c(C(C)(C)C)c1. The molecule has 0 unspecified atom stereocenters. The molecule has 0 heterocycles. The Morgan fingerprint density at radius 2 is 1.44 bits per heavy atom. The number of hydrogen-bond acceptors (Lipinski definition) is 2. The maximum atomic E-state index is 9.88. The predicted octanol–water partition coefficient (Wildman–Crippen LogP) is 3.57. The van der Waals surface area contributed by atoms with Crippen molar-refractivity contribution >= 4 is 5.69 Å². The molecule has 1 rings (SSSR count). The fourth-order valence-corrected chi connectivity index (χ4v) is 1.69. The first-order valence-electron chi connectivity index (χ1n) is 5.67. The van der Waals surface area contributed by atoms with Crippen molar-refractivity contribution in [1.29, 1.82) is 0 Å². The number of anilines is 1. The van der Waals surface area contributed by atoms with Crippen LogP contribution in [-0.4, -0.2) is 5.11 Å². The Hall–Kier alpha value is -1.18. The fourth-order valence-electron chi connectivity index (χ4n) is 1.69. The van der Waals surface area contributed by atoms with Gasteiger partial charge in [0.2, 0.25) is 0 Å². The van der Waals surface area contributed by atoms with Gasteiger partial charge in [-0.1, -0.05) is 47.6 Å². The summed E-state index contributed by atoms with van der Waals surface area (Å²) in [6.07, 6.45) is 0. The van der Waals surface area contributed by atoms with Gasteiger partial charge in [0.05, 0.1) is 5.69 Å². The van der Waals surface area contributed by atoms with Crippen LogP contribution in [0.2, 0.25) is 0 Å². The molecule has 0 aliphatic rings. The van der Waals surface area contributed by atoms with E-state index in [1.54, 1.807) is 6.07 Å². The minimum absolute atomic E-state index is 0.0190. The third kappa shape index (κ3) is 2.49. The lowest BCUT2D eigenvalue weighted by Gasteiger charge is -2.26. The lowest BCUT2D eigenvalue weighted by Crippen LogP contribution is -2.18. The molecule has 0 saturated heterocycles. The molecule has 0 aliphatic heterocycles. The Labute approximate surface area is 98.5 Å². The lowest BCUT2D eigenvalue weighted by molar-refractivity contribution is 0.469. The van der Waals surface area contributed by atoms with Crippen LogP contribution in [0.5, 0.6) is 5.75 Å². The second-order valence-corrected chi connectivity index (χ2v) is 6.46. The van der Waals surface area contributed by atoms with Crippen molar-refractivity contribution in [1.82, 2.24) is 0 Å². The van der Waals surface area contributed by atoms with Crippen LogP contribution in [0, 0.1) is 0 Å². The number of aromatic hydroxyl groups is 1. The Kier molecular flexibility index (Phi) is 2.97. The van der Waals surface area contributed by atoms with Crippen LogP contribution >= 0.6 is 0 Å². The van der Waals surface area contributed by atoms with Gasteiger partial charge >= 0.3 is 0 Å². The number of phenols is 1. The molecule has 0 atom stereocenters. The second kappa shape index (κ2) is 3.69. The highest BCUT2D eigenvalue weighted by Crippen LogP contribution is 2.37. The topological polar surface area (TPSA) is 46.2 Å². The zero-order valence-electron chi connectivity index (χ0n) is 11.2. The number of hydrogen-bond donors (Lipinski definition) is 2. The molecule has 3 N–H and O–H groups in total. The van der Waals surface area contributed by atoms with E-state index in [1.807, 2.05) is 0 Å². The number of phenolic OH excluding ortho intramolecular Hbond substituents is 1. The summed E-state index contributed by atoms with van der Waals surface area (Å²) in [7, 11) is 0. The first-order valence-corrected chi connectivity index (χ1v) is 5.67. The number of rotatable bonds is 0. The molecule has 0 saturated carbocycles. The number of nitrogens with two attached hydrogens (primary N) is 1. The van der Waals surface area contributed by atoms with E-state index in [0.29, 0.717) is 5.69 Å². The molecule has 0 spiro atoms. The first kappa shape index (κ1) is 12.9. The Balaban J connectivity index is 3.46. The van der Waals surface area contributed by atoms with Gasteiger partial charge in [0.25, 0.3) is 0 Å². The summed E-state index contributed by atoms with van der Waals surface area (Å²) in [5, 5.41) is 9.88. The maximum Gasteiger partial charge on any atom is 0.139 e. The summed E-state index contributed by atoms with van der Waals surface area (Å²) in [6.45, 7) is 12.7. The van der Waals surface area contributed by atoms with E-state index >= 15 is 0 Å². The van der Waals surface area contributed by atoms with Crippen LogP contribution < -0.4 is 5.73 Å². The predicted molar refractivity (Wildman–Crippen MR) is 69.9 cm³/mol. The van der Waals surface area contributed by atoms with Crippen LogP contribution in [0.25, 0.3) is 0 Å². The smallest absolute Gasteiger partial charge is 0.139 e. The quantitative estimate of drug-likeness (QED) is 0.519. The lowest BCUT2D eigenvalue weighted by atomic mass is 9.79. The van der Waals surface area contributed by atoms with E-state index < -0.39 is 0 Å². The summed E-state index contributed by atoms with van der Waals surface area (Å²) in [6, 6.07) is 3.87. The van der Waals surface area contributed by atoms with Crippen LogP contribution in [0.4, 0.5) is 5.69 Å². The molecule has 1 aromatic rings. The Morgan fingerprint density at radius 3 is 1.81 bits per heavy atom. The van der Waals surface area contributed by atoms with Gasteiger partial charge in [-0.15, -0.1) is 0 Å². The van der Waals surface area contributed by atoms with E-state index in [0.717, 1.165) is 11.1 Å². The second-order valence-electron chi connectivity index (χ2n) is 6.46. The molecular formula is C14H23NO. The normalized spacial score (nSPS) is 12.9. The molecule has 1 aromatic carbocycles. The molecule has 16 heavy (non-hydrogen) atoms. The third-order valence-corrected chi connectivity index (χ3v) is 2.83. The van der Waals surface area contributed by atoms with Crippen LogP contribution in [0.15, 0.2) is 12.1 Å². The molecule has 2 nitrogen and oxygen atoms in total. The van der Waals surface area contributed by atoms with E-state index in [2.05, 4.69) is 47.6 Å². The van der Waals surface area contributed by atoms with E-state index in [-0.39, 0.29) is 16.6 Å². The zero-order valence-corrected chi connectivity index (χ0v) is 11.2. The van der Waals surface area contributed by atoms with Gasteiger partial charge < -0.3 is 10.8 Å². The van der Waals surface area contributed by atoms with Gasteiger partial charge in [0.15, 0.2) is 0 Å². The van der Waals surface area contributed by atoms with Gasteiger partial charge in [-0.2, -0.15) is 0 Å². The summed E-state index contributed by atoms with van der Waals surface area (Å²) in [5.74, 6) is 0.192.